The average molecular weight is 498 g/mol. The van der Waals surface area contributed by atoms with E-state index in [0.717, 1.165) is 0 Å². The van der Waals surface area contributed by atoms with Crippen LogP contribution >= 0.6 is 6.72 Å². The van der Waals surface area contributed by atoms with Crippen LogP contribution < -0.4 is 15.8 Å². The molecule has 1 unspecified atom stereocenters. The maximum atomic E-state index is 14.8. The summed E-state index contributed by atoms with van der Waals surface area (Å²) in [6.07, 6.45) is -10.5. The number of alkyl halides is 3. The van der Waals surface area contributed by atoms with Gasteiger partial charge in [0.15, 0.2) is 18.0 Å². The lowest BCUT2D eigenvalue weighted by atomic mass is 9.97. The number of fused-ring (bicyclic) bond motifs is 1. The first kappa shape index (κ1) is 23.1. The second-order valence-corrected chi connectivity index (χ2v) is 9.93. The molecule has 2 N–H and O–H groups in total. The highest BCUT2D eigenvalue weighted by atomic mass is 32.5. The fourth-order valence-electron chi connectivity index (χ4n) is 3.26. The first-order valence-electron chi connectivity index (χ1n) is 9.02. The predicted octanol–water partition coefficient (Wildman–Crippen LogP) is 1.76. The first-order valence-corrected chi connectivity index (χ1v) is 11.6. The Morgan fingerprint density at radius 3 is 2.81 bits per heavy atom. The topological polar surface area (TPSA) is 112 Å². The van der Waals surface area contributed by atoms with Gasteiger partial charge in [0, 0.05) is 17.4 Å². The van der Waals surface area contributed by atoms with E-state index in [9.17, 15) is 32.3 Å². The monoisotopic (exact) mass is 498 g/mol. The van der Waals surface area contributed by atoms with Gasteiger partial charge in [-0.1, -0.05) is 18.2 Å². The van der Waals surface area contributed by atoms with E-state index in [1.165, 1.54) is 0 Å². The molecule has 1 aromatic heterocycles. The molecular formula is C17H15F4N2O7PS. The van der Waals surface area contributed by atoms with Gasteiger partial charge in [0.1, 0.15) is 11.9 Å². The van der Waals surface area contributed by atoms with Gasteiger partial charge < -0.3 is 14.4 Å². The summed E-state index contributed by atoms with van der Waals surface area (Å²) in [5.41, 5.74) is -5.08. The standard InChI is InChI=1S/C17H15F4N2O7PS/c18-9-5-23(16(26)22-13(9)25)14-11(19)12(24)17(29-14,15(20)21)7-28-31(32)27-6-8-3-1-2-4-10(8)30-31/h1-5,11-12,14-15,24H,6-7H2,(H,22,25,26)/t11-,12-,14-,17-,31?/m1/s1. The van der Waals surface area contributed by atoms with Crippen molar-refractivity contribution in [1.82, 2.24) is 9.55 Å². The lowest BCUT2D eigenvalue weighted by Crippen LogP contribution is -2.52. The summed E-state index contributed by atoms with van der Waals surface area (Å²) in [5, 5.41) is 10.3. The summed E-state index contributed by atoms with van der Waals surface area (Å²) < 4.78 is 77.8. The number of para-hydroxylation sites is 1. The molecule has 9 nitrogen and oxygen atoms in total. The minimum Gasteiger partial charge on any atom is -0.424 e. The molecule has 1 fully saturated rings. The van der Waals surface area contributed by atoms with Gasteiger partial charge in [-0.3, -0.25) is 23.4 Å². The molecule has 0 radical (unpaired) electrons. The summed E-state index contributed by atoms with van der Waals surface area (Å²) in [6.45, 7) is -4.82. The van der Waals surface area contributed by atoms with Gasteiger partial charge >= 0.3 is 12.4 Å². The summed E-state index contributed by atoms with van der Waals surface area (Å²) in [4.78, 5) is 24.7. The van der Waals surface area contributed by atoms with E-state index >= 15 is 0 Å². The number of rotatable bonds is 5. The third-order valence-electron chi connectivity index (χ3n) is 4.99. The summed E-state index contributed by atoms with van der Waals surface area (Å²) in [7, 11) is 0. The maximum Gasteiger partial charge on any atom is 0.381 e. The number of aromatic nitrogens is 2. The fraction of sp³-hybridized carbons (Fsp3) is 0.412. The first-order chi connectivity index (χ1) is 15.1. The Kier molecular flexibility index (Phi) is 6.03. The number of hydrogen-bond donors (Lipinski definition) is 2. The molecule has 174 valence electrons. The van der Waals surface area contributed by atoms with Crippen LogP contribution in [0.4, 0.5) is 17.6 Å². The Labute approximate surface area is 181 Å². The number of halogens is 4. The molecule has 32 heavy (non-hydrogen) atoms. The fourth-order valence-corrected chi connectivity index (χ4v) is 5.07. The van der Waals surface area contributed by atoms with Gasteiger partial charge in [-0.25, -0.2) is 18.0 Å². The van der Waals surface area contributed by atoms with Crippen molar-refractivity contribution in [2.75, 3.05) is 6.61 Å². The second kappa shape index (κ2) is 8.36. The molecule has 1 aromatic carbocycles. The van der Waals surface area contributed by atoms with Gasteiger partial charge in [-0.2, -0.15) is 4.39 Å². The highest BCUT2D eigenvalue weighted by molar-refractivity contribution is 8.07. The Hall–Kier alpha value is -2.09. The second-order valence-electron chi connectivity index (χ2n) is 6.99. The van der Waals surface area contributed by atoms with E-state index in [2.05, 4.69) is 0 Å². The molecule has 0 saturated carbocycles. The van der Waals surface area contributed by atoms with Crippen molar-refractivity contribution >= 4 is 18.5 Å². The molecule has 0 spiro atoms. The number of H-pyrrole nitrogens is 1. The van der Waals surface area contributed by atoms with E-state index in [1.807, 2.05) is 0 Å². The molecule has 5 atom stereocenters. The summed E-state index contributed by atoms with van der Waals surface area (Å²) in [5.74, 6) is -1.17. The number of hydrogen-bond acceptors (Lipinski definition) is 8. The highest BCUT2D eigenvalue weighted by Gasteiger charge is 2.62. The Morgan fingerprint density at radius 1 is 1.38 bits per heavy atom. The maximum absolute atomic E-state index is 14.8. The van der Waals surface area contributed by atoms with E-state index in [0.29, 0.717) is 17.5 Å². The van der Waals surface area contributed by atoms with Crippen LogP contribution in [0.5, 0.6) is 5.75 Å². The average Bonchev–Trinajstić information content (AvgIpc) is 3.01. The molecule has 2 aliphatic heterocycles. The van der Waals surface area contributed by atoms with Gasteiger partial charge in [0.25, 0.3) is 12.0 Å². The summed E-state index contributed by atoms with van der Waals surface area (Å²) >= 11 is 5.17. The molecule has 0 aliphatic carbocycles. The van der Waals surface area contributed by atoms with Crippen molar-refractivity contribution in [2.24, 2.45) is 0 Å². The zero-order chi connectivity index (χ0) is 23.3. The van der Waals surface area contributed by atoms with E-state index in [4.69, 9.17) is 30.1 Å². The molecule has 0 bridgehead atoms. The van der Waals surface area contributed by atoms with Crippen molar-refractivity contribution in [3.05, 3.63) is 62.7 Å². The van der Waals surface area contributed by atoms with Crippen LogP contribution in [0.15, 0.2) is 40.1 Å². The Morgan fingerprint density at radius 2 is 2.09 bits per heavy atom. The van der Waals surface area contributed by atoms with E-state index in [-0.39, 0.29) is 11.2 Å². The molecule has 2 aliphatic rings. The summed E-state index contributed by atoms with van der Waals surface area (Å²) in [6, 6.07) is 6.63. The van der Waals surface area contributed by atoms with Crippen LogP contribution in [-0.4, -0.2) is 45.6 Å². The van der Waals surface area contributed by atoms with Crippen LogP contribution in [0.3, 0.4) is 0 Å². The van der Waals surface area contributed by atoms with Crippen molar-refractivity contribution in [2.45, 2.75) is 37.1 Å². The largest absolute Gasteiger partial charge is 0.424 e. The highest BCUT2D eigenvalue weighted by Crippen LogP contribution is 2.56. The zero-order valence-electron chi connectivity index (χ0n) is 15.8. The van der Waals surface area contributed by atoms with E-state index < -0.39 is 60.9 Å². The molecule has 2 aromatic rings. The molecule has 15 heteroatoms. The number of aliphatic hydroxyl groups is 1. The Bertz CT molecular complexity index is 1190. The molecule has 3 heterocycles. The number of ether oxygens (including phenoxy) is 1. The number of aromatic amines is 1. The van der Waals surface area contributed by atoms with Gasteiger partial charge in [-0.05, 0) is 6.07 Å². The van der Waals surface area contributed by atoms with Gasteiger partial charge in [0.05, 0.1) is 19.4 Å². The van der Waals surface area contributed by atoms with Crippen molar-refractivity contribution in [1.29, 1.82) is 0 Å². The van der Waals surface area contributed by atoms with E-state index in [1.54, 1.807) is 29.2 Å². The normalized spacial score (nSPS) is 32.0. The lowest BCUT2D eigenvalue weighted by Gasteiger charge is -2.34. The minimum absolute atomic E-state index is 0.0288. The van der Waals surface area contributed by atoms with Crippen LogP contribution in [0.25, 0.3) is 0 Å². The van der Waals surface area contributed by atoms with Crippen LogP contribution in [0.1, 0.15) is 11.8 Å². The molecular weight excluding hydrogens is 483 g/mol. The molecule has 0 amide bonds. The van der Waals surface area contributed by atoms with Crippen molar-refractivity contribution in [3.63, 3.8) is 0 Å². The van der Waals surface area contributed by atoms with Crippen LogP contribution in [0, 0.1) is 5.82 Å². The number of aliphatic hydroxyl groups excluding tert-OH is 1. The van der Waals surface area contributed by atoms with Crippen LogP contribution in [0.2, 0.25) is 0 Å². The minimum atomic E-state index is -3.63. The smallest absolute Gasteiger partial charge is 0.381 e. The number of nitrogens with zero attached hydrogens (tertiary/aromatic N) is 1. The zero-order valence-corrected chi connectivity index (χ0v) is 17.5. The van der Waals surface area contributed by atoms with Crippen molar-refractivity contribution in [3.8, 4) is 5.75 Å². The quantitative estimate of drug-likeness (QED) is 0.474. The van der Waals surface area contributed by atoms with Gasteiger partial charge in [0.2, 0.25) is 5.82 Å². The molecule has 4 rings (SSSR count). The lowest BCUT2D eigenvalue weighted by molar-refractivity contribution is -0.193. The third-order valence-corrected chi connectivity index (χ3v) is 7.16. The van der Waals surface area contributed by atoms with Crippen molar-refractivity contribution < 1.29 is 41.0 Å². The third kappa shape index (κ3) is 3.91. The number of benzene rings is 1. The Balaban J connectivity index is 1.60. The molecule has 1 saturated heterocycles. The predicted molar refractivity (Wildman–Crippen MR) is 103 cm³/mol. The number of nitrogens with one attached hydrogen (secondary N) is 1. The van der Waals surface area contributed by atoms with Gasteiger partial charge in [-0.15, -0.1) is 0 Å². The SMILES string of the molecule is O=c1[nH]c(=O)n([C@@H]2O[C@@](COP3(=S)OCc4ccccc4O3)(C(F)F)[C@H](O)[C@H]2F)cc1F. The van der Waals surface area contributed by atoms with Crippen LogP contribution in [-0.2, 0) is 32.2 Å².